The lowest BCUT2D eigenvalue weighted by Gasteiger charge is -2.15. The number of carbonyl (C=O) groups is 3. The van der Waals surface area contributed by atoms with Crippen molar-refractivity contribution in [2.24, 2.45) is 0 Å². The molecule has 2 heterocycles. The number of hydrogen-bond donors (Lipinski definition) is 2. The van der Waals surface area contributed by atoms with Gasteiger partial charge in [0.1, 0.15) is 0 Å². The van der Waals surface area contributed by atoms with E-state index in [1.807, 2.05) is 24.4 Å². The van der Waals surface area contributed by atoms with Crippen molar-refractivity contribution in [3.05, 3.63) is 64.2 Å². The lowest BCUT2D eigenvalue weighted by Crippen LogP contribution is -2.31. The standard InChI is InChI=1S/C22H22N2O7S/c1-13(19-7-5-9-32-19)23-20(25)12-31-22(27)14-10-17(28-2)18(29-3)11-15(14)24-21(26)16-6-4-8-30-16/h4-11,13H,12H2,1-3H3,(H,23,25)(H,24,26). The fraction of sp³-hybridized carbons (Fsp3) is 0.227. The van der Waals surface area contributed by atoms with E-state index in [0.29, 0.717) is 5.75 Å². The van der Waals surface area contributed by atoms with E-state index in [-0.39, 0.29) is 28.8 Å². The van der Waals surface area contributed by atoms with Crippen LogP contribution in [0.1, 0.15) is 38.8 Å². The van der Waals surface area contributed by atoms with Crippen LogP contribution in [0.3, 0.4) is 0 Å². The second kappa shape index (κ2) is 10.5. The molecule has 0 bridgehead atoms. The van der Waals surface area contributed by atoms with Gasteiger partial charge in [-0.1, -0.05) is 6.07 Å². The molecule has 2 aromatic heterocycles. The summed E-state index contributed by atoms with van der Waals surface area (Å²) in [5.74, 6) is -1.24. The van der Waals surface area contributed by atoms with Crippen LogP contribution in [0.2, 0.25) is 0 Å². The molecule has 0 saturated carbocycles. The Hall–Kier alpha value is -3.79. The maximum absolute atomic E-state index is 12.7. The van der Waals surface area contributed by atoms with Crippen molar-refractivity contribution < 1.29 is 33.0 Å². The molecule has 0 saturated heterocycles. The summed E-state index contributed by atoms with van der Waals surface area (Å²) in [4.78, 5) is 38.4. The summed E-state index contributed by atoms with van der Waals surface area (Å²) < 4.78 is 20.7. The van der Waals surface area contributed by atoms with Crippen LogP contribution in [0.25, 0.3) is 0 Å². The van der Waals surface area contributed by atoms with Crippen molar-refractivity contribution in [3.63, 3.8) is 0 Å². The van der Waals surface area contributed by atoms with Crippen molar-refractivity contribution >= 4 is 34.8 Å². The second-order valence-electron chi connectivity index (χ2n) is 6.56. The third kappa shape index (κ3) is 5.46. The summed E-state index contributed by atoms with van der Waals surface area (Å²) in [6.45, 7) is 1.34. The van der Waals surface area contributed by atoms with E-state index in [2.05, 4.69) is 10.6 Å². The largest absolute Gasteiger partial charge is 0.493 e. The zero-order chi connectivity index (χ0) is 23.1. The minimum absolute atomic E-state index is 0.0124. The van der Waals surface area contributed by atoms with Gasteiger partial charge in [0.05, 0.1) is 37.8 Å². The highest BCUT2D eigenvalue weighted by molar-refractivity contribution is 7.10. The topological polar surface area (TPSA) is 116 Å². The summed E-state index contributed by atoms with van der Waals surface area (Å²) in [7, 11) is 2.83. The zero-order valence-electron chi connectivity index (χ0n) is 17.7. The number of rotatable bonds is 9. The molecule has 3 rings (SSSR count). The van der Waals surface area contributed by atoms with E-state index >= 15 is 0 Å². The number of benzene rings is 1. The quantitative estimate of drug-likeness (QED) is 0.470. The maximum atomic E-state index is 12.7. The van der Waals surface area contributed by atoms with E-state index < -0.39 is 24.4 Å². The Kier molecular flexibility index (Phi) is 7.50. The summed E-state index contributed by atoms with van der Waals surface area (Å²) in [6, 6.07) is 9.41. The van der Waals surface area contributed by atoms with Crippen molar-refractivity contribution in [2.45, 2.75) is 13.0 Å². The number of thiophene rings is 1. The van der Waals surface area contributed by atoms with E-state index in [1.165, 1.54) is 50.0 Å². The van der Waals surface area contributed by atoms with E-state index in [4.69, 9.17) is 18.6 Å². The number of hydrogen-bond acceptors (Lipinski definition) is 8. The van der Waals surface area contributed by atoms with Gasteiger partial charge in [-0.2, -0.15) is 0 Å². The molecule has 1 unspecified atom stereocenters. The molecule has 1 atom stereocenters. The van der Waals surface area contributed by atoms with Crippen molar-refractivity contribution in [3.8, 4) is 11.5 Å². The van der Waals surface area contributed by atoms with Crippen LogP contribution in [-0.4, -0.2) is 38.6 Å². The summed E-state index contributed by atoms with van der Waals surface area (Å²) in [5, 5.41) is 7.26. The van der Waals surface area contributed by atoms with Gasteiger partial charge in [-0.15, -0.1) is 11.3 Å². The highest BCUT2D eigenvalue weighted by atomic mass is 32.1. The number of amides is 2. The van der Waals surface area contributed by atoms with Crippen LogP contribution in [0.4, 0.5) is 5.69 Å². The Morgan fingerprint density at radius 2 is 1.84 bits per heavy atom. The number of furan rings is 1. The first-order chi connectivity index (χ1) is 15.4. The number of ether oxygens (including phenoxy) is 3. The zero-order valence-corrected chi connectivity index (χ0v) is 18.5. The molecule has 32 heavy (non-hydrogen) atoms. The number of esters is 1. The minimum atomic E-state index is -0.820. The molecule has 3 aromatic rings. The molecule has 0 radical (unpaired) electrons. The van der Waals surface area contributed by atoms with Gasteiger partial charge >= 0.3 is 5.97 Å². The third-order valence-corrected chi connectivity index (χ3v) is 5.47. The van der Waals surface area contributed by atoms with Crippen LogP contribution in [0.5, 0.6) is 11.5 Å². The Balaban J connectivity index is 1.74. The Bertz CT molecular complexity index is 1080. The SMILES string of the molecule is COc1cc(NC(=O)c2ccco2)c(C(=O)OCC(=O)NC(C)c2cccs2)cc1OC. The van der Waals surface area contributed by atoms with Gasteiger partial charge < -0.3 is 29.3 Å². The van der Waals surface area contributed by atoms with Gasteiger partial charge in [0.25, 0.3) is 11.8 Å². The average molecular weight is 458 g/mol. The molecule has 9 nitrogen and oxygen atoms in total. The Morgan fingerprint density at radius 3 is 2.47 bits per heavy atom. The fourth-order valence-corrected chi connectivity index (χ4v) is 3.58. The molecule has 2 N–H and O–H groups in total. The first kappa shape index (κ1) is 22.9. The predicted molar refractivity (Wildman–Crippen MR) is 117 cm³/mol. The van der Waals surface area contributed by atoms with Gasteiger partial charge in [0.2, 0.25) is 0 Å². The number of carbonyl (C=O) groups excluding carboxylic acids is 3. The van der Waals surface area contributed by atoms with Crippen molar-refractivity contribution in [1.82, 2.24) is 5.32 Å². The van der Waals surface area contributed by atoms with Crippen LogP contribution < -0.4 is 20.1 Å². The van der Waals surface area contributed by atoms with Crippen molar-refractivity contribution in [2.75, 3.05) is 26.1 Å². The van der Waals surface area contributed by atoms with Crippen LogP contribution in [0.15, 0.2) is 52.5 Å². The maximum Gasteiger partial charge on any atom is 0.340 e. The first-order valence-electron chi connectivity index (χ1n) is 9.53. The molecule has 0 spiro atoms. The monoisotopic (exact) mass is 458 g/mol. The summed E-state index contributed by atoms with van der Waals surface area (Å²) >= 11 is 1.51. The van der Waals surface area contributed by atoms with Crippen molar-refractivity contribution in [1.29, 1.82) is 0 Å². The average Bonchev–Trinajstić information content (AvgIpc) is 3.51. The van der Waals surface area contributed by atoms with Gasteiger partial charge in [0, 0.05) is 17.0 Å². The fourth-order valence-electron chi connectivity index (χ4n) is 2.84. The molecule has 0 aliphatic rings. The lowest BCUT2D eigenvalue weighted by molar-refractivity contribution is -0.124. The molecule has 0 aliphatic heterocycles. The van der Waals surface area contributed by atoms with Gasteiger partial charge in [-0.05, 0) is 30.5 Å². The van der Waals surface area contributed by atoms with Crippen LogP contribution in [0, 0.1) is 0 Å². The highest BCUT2D eigenvalue weighted by Gasteiger charge is 2.22. The first-order valence-corrected chi connectivity index (χ1v) is 10.4. The van der Waals surface area contributed by atoms with E-state index in [9.17, 15) is 14.4 Å². The smallest absolute Gasteiger partial charge is 0.340 e. The Labute approximate surface area is 188 Å². The van der Waals surface area contributed by atoms with E-state index in [1.54, 1.807) is 6.07 Å². The molecule has 0 aliphatic carbocycles. The number of methoxy groups -OCH3 is 2. The molecule has 168 valence electrons. The molecular formula is C22H22N2O7S. The van der Waals surface area contributed by atoms with E-state index in [0.717, 1.165) is 4.88 Å². The summed E-state index contributed by atoms with van der Waals surface area (Å²) in [5.41, 5.74) is 0.100. The third-order valence-electron chi connectivity index (χ3n) is 4.42. The van der Waals surface area contributed by atoms with Crippen LogP contribution >= 0.6 is 11.3 Å². The number of anilines is 1. The number of nitrogens with one attached hydrogen (secondary N) is 2. The van der Waals surface area contributed by atoms with Gasteiger partial charge in [-0.25, -0.2) is 4.79 Å². The summed E-state index contributed by atoms with van der Waals surface area (Å²) in [6.07, 6.45) is 1.36. The lowest BCUT2D eigenvalue weighted by atomic mass is 10.1. The predicted octanol–water partition coefficient (Wildman–Crippen LogP) is 3.64. The molecular weight excluding hydrogens is 436 g/mol. The molecule has 0 fully saturated rings. The van der Waals surface area contributed by atoms with Gasteiger partial charge in [-0.3, -0.25) is 9.59 Å². The highest BCUT2D eigenvalue weighted by Crippen LogP contribution is 2.34. The Morgan fingerprint density at radius 1 is 1.09 bits per heavy atom. The molecule has 2 amide bonds. The van der Waals surface area contributed by atoms with Gasteiger partial charge in [0.15, 0.2) is 23.9 Å². The normalized spacial score (nSPS) is 11.3. The molecule has 10 heteroatoms. The minimum Gasteiger partial charge on any atom is -0.493 e. The second-order valence-corrected chi connectivity index (χ2v) is 7.54. The van der Waals surface area contributed by atoms with Crippen LogP contribution in [-0.2, 0) is 9.53 Å². The molecule has 1 aromatic carbocycles.